The second-order valence-electron chi connectivity index (χ2n) is 5.99. The highest BCUT2D eigenvalue weighted by Crippen LogP contribution is 2.27. The van der Waals surface area contributed by atoms with Gasteiger partial charge in [-0.3, -0.25) is 9.48 Å². The third-order valence-corrected chi connectivity index (χ3v) is 4.32. The first-order valence-electron chi connectivity index (χ1n) is 7.33. The first-order chi connectivity index (χ1) is 9.05. The van der Waals surface area contributed by atoms with E-state index >= 15 is 0 Å². The molecular formula is C15H25N3O. The number of carbonyl (C=O) groups is 1. The van der Waals surface area contributed by atoms with Gasteiger partial charge in [0.1, 0.15) is 5.78 Å². The minimum absolute atomic E-state index is 0.210. The van der Waals surface area contributed by atoms with Gasteiger partial charge in [0.25, 0.3) is 0 Å². The van der Waals surface area contributed by atoms with Gasteiger partial charge in [-0.05, 0) is 38.8 Å². The van der Waals surface area contributed by atoms with Crippen LogP contribution in [0.2, 0.25) is 0 Å². The van der Waals surface area contributed by atoms with Gasteiger partial charge in [-0.1, -0.05) is 13.8 Å². The fraction of sp³-hybridized carbons (Fsp3) is 0.733. The van der Waals surface area contributed by atoms with Crippen LogP contribution in [0.5, 0.6) is 0 Å². The van der Waals surface area contributed by atoms with E-state index in [1.54, 1.807) is 0 Å². The van der Waals surface area contributed by atoms with Crippen molar-refractivity contribution in [2.45, 2.75) is 52.5 Å². The van der Waals surface area contributed by atoms with Gasteiger partial charge in [-0.15, -0.1) is 0 Å². The van der Waals surface area contributed by atoms with Gasteiger partial charge in [0.15, 0.2) is 0 Å². The summed E-state index contributed by atoms with van der Waals surface area (Å²) >= 11 is 0. The number of carbonyl (C=O) groups excluding carboxylic acids is 1. The van der Waals surface area contributed by atoms with Crippen LogP contribution in [0, 0.1) is 5.41 Å². The Hall–Kier alpha value is -1.16. The fourth-order valence-corrected chi connectivity index (χ4v) is 2.58. The number of piperidine rings is 1. The molecule has 0 bridgehead atoms. The summed E-state index contributed by atoms with van der Waals surface area (Å²) in [5.74, 6) is 0.314. The second kappa shape index (κ2) is 5.87. The number of nitrogens with zero attached hydrogens (tertiary/aromatic N) is 2. The van der Waals surface area contributed by atoms with E-state index in [9.17, 15) is 4.79 Å². The summed E-state index contributed by atoms with van der Waals surface area (Å²) in [6.45, 7) is 8.20. The Morgan fingerprint density at radius 1 is 1.63 bits per heavy atom. The maximum atomic E-state index is 12.4. The Morgan fingerprint density at radius 2 is 2.42 bits per heavy atom. The van der Waals surface area contributed by atoms with Gasteiger partial charge < -0.3 is 5.32 Å². The maximum absolute atomic E-state index is 12.4. The van der Waals surface area contributed by atoms with E-state index in [-0.39, 0.29) is 5.41 Å². The standard InChI is InChI=1S/C15H25N3O/c1-4-12(2)18-9-6-13(17-18)10-14(19)15(3)7-5-8-16-11-15/h6,9,12,16H,4-5,7-8,10-11H2,1-3H3. The number of rotatable bonds is 5. The summed E-state index contributed by atoms with van der Waals surface area (Å²) in [6, 6.07) is 2.37. The van der Waals surface area contributed by atoms with Gasteiger partial charge in [0.2, 0.25) is 0 Å². The van der Waals surface area contributed by atoms with Gasteiger partial charge >= 0.3 is 0 Å². The molecule has 1 aromatic rings. The zero-order valence-electron chi connectivity index (χ0n) is 12.3. The minimum Gasteiger partial charge on any atom is -0.316 e. The van der Waals surface area contributed by atoms with Crippen LogP contribution in [0.25, 0.3) is 0 Å². The van der Waals surface area contributed by atoms with Crippen LogP contribution in [0.1, 0.15) is 51.8 Å². The molecule has 0 amide bonds. The lowest BCUT2D eigenvalue weighted by atomic mass is 9.77. The number of nitrogens with one attached hydrogen (secondary N) is 1. The van der Waals surface area contributed by atoms with E-state index in [1.807, 2.05) is 16.9 Å². The van der Waals surface area contributed by atoms with E-state index in [4.69, 9.17) is 0 Å². The molecule has 2 unspecified atom stereocenters. The normalized spacial score (nSPS) is 25.2. The van der Waals surface area contributed by atoms with Crippen LogP contribution < -0.4 is 5.32 Å². The molecule has 1 aliphatic heterocycles. The van der Waals surface area contributed by atoms with Crippen molar-refractivity contribution in [2.24, 2.45) is 5.41 Å². The lowest BCUT2D eigenvalue weighted by Crippen LogP contribution is -2.44. The average Bonchev–Trinajstić information content (AvgIpc) is 2.87. The molecule has 0 aliphatic carbocycles. The summed E-state index contributed by atoms with van der Waals surface area (Å²) < 4.78 is 1.96. The maximum Gasteiger partial charge on any atom is 0.146 e. The Labute approximate surface area is 115 Å². The number of aromatic nitrogens is 2. The zero-order chi connectivity index (χ0) is 13.9. The van der Waals surface area contributed by atoms with Crippen molar-refractivity contribution < 1.29 is 4.79 Å². The van der Waals surface area contributed by atoms with Crippen LogP contribution in [-0.2, 0) is 11.2 Å². The summed E-state index contributed by atoms with van der Waals surface area (Å²) in [7, 11) is 0. The van der Waals surface area contributed by atoms with E-state index < -0.39 is 0 Å². The molecule has 19 heavy (non-hydrogen) atoms. The predicted molar refractivity (Wildman–Crippen MR) is 76.2 cm³/mol. The minimum atomic E-state index is -0.210. The van der Waals surface area contributed by atoms with Crippen LogP contribution in [0.3, 0.4) is 0 Å². The van der Waals surface area contributed by atoms with Gasteiger partial charge in [0, 0.05) is 24.2 Å². The fourth-order valence-electron chi connectivity index (χ4n) is 2.58. The SMILES string of the molecule is CCC(C)n1ccc(CC(=O)C2(C)CCCNC2)n1. The van der Waals surface area contributed by atoms with Crippen LogP contribution >= 0.6 is 0 Å². The third kappa shape index (κ3) is 3.24. The van der Waals surface area contributed by atoms with Crippen LogP contribution in [0.15, 0.2) is 12.3 Å². The smallest absolute Gasteiger partial charge is 0.146 e. The summed E-state index contributed by atoms with van der Waals surface area (Å²) in [6.07, 6.45) is 5.57. The molecule has 4 nitrogen and oxygen atoms in total. The Morgan fingerprint density at radius 3 is 3.05 bits per heavy atom. The number of hydrogen-bond donors (Lipinski definition) is 1. The molecule has 0 saturated carbocycles. The summed E-state index contributed by atoms with van der Waals surface area (Å²) in [5.41, 5.74) is 0.690. The van der Waals surface area contributed by atoms with Crippen molar-refractivity contribution in [2.75, 3.05) is 13.1 Å². The highest BCUT2D eigenvalue weighted by molar-refractivity contribution is 5.86. The molecule has 4 heteroatoms. The molecule has 0 radical (unpaired) electrons. The van der Waals surface area contributed by atoms with Crippen LogP contribution in [-0.4, -0.2) is 28.7 Å². The predicted octanol–water partition coefficient (Wildman–Crippen LogP) is 2.36. The molecule has 1 N–H and O–H groups in total. The quantitative estimate of drug-likeness (QED) is 0.887. The first kappa shape index (κ1) is 14.3. The molecule has 2 atom stereocenters. The van der Waals surface area contributed by atoms with E-state index in [0.29, 0.717) is 18.2 Å². The number of Topliss-reactive ketones (excluding diaryl/α,β-unsaturated/α-hetero) is 1. The highest BCUT2D eigenvalue weighted by atomic mass is 16.1. The second-order valence-corrected chi connectivity index (χ2v) is 5.99. The van der Waals surface area contributed by atoms with Gasteiger partial charge in [0.05, 0.1) is 12.1 Å². The van der Waals surface area contributed by atoms with Gasteiger partial charge in [-0.25, -0.2) is 0 Å². The lowest BCUT2D eigenvalue weighted by Gasteiger charge is -2.32. The molecule has 0 aromatic carbocycles. The Bertz CT molecular complexity index is 432. The molecule has 2 rings (SSSR count). The summed E-state index contributed by atoms with van der Waals surface area (Å²) in [5, 5.41) is 7.85. The average molecular weight is 263 g/mol. The van der Waals surface area contributed by atoms with Crippen molar-refractivity contribution in [3.8, 4) is 0 Å². The zero-order valence-corrected chi connectivity index (χ0v) is 12.3. The molecule has 1 aromatic heterocycles. The highest BCUT2D eigenvalue weighted by Gasteiger charge is 2.34. The number of hydrogen-bond acceptors (Lipinski definition) is 3. The topological polar surface area (TPSA) is 46.9 Å². The molecular weight excluding hydrogens is 238 g/mol. The van der Waals surface area contributed by atoms with Crippen molar-refractivity contribution in [1.29, 1.82) is 0 Å². The van der Waals surface area contributed by atoms with Gasteiger partial charge in [-0.2, -0.15) is 5.10 Å². The van der Waals surface area contributed by atoms with E-state index in [2.05, 4.69) is 31.2 Å². The van der Waals surface area contributed by atoms with Crippen LogP contribution in [0.4, 0.5) is 0 Å². The molecule has 106 valence electrons. The number of ketones is 1. The monoisotopic (exact) mass is 263 g/mol. The molecule has 1 saturated heterocycles. The molecule has 2 heterocycles. The van der Waals surface area contributed by atoms with E-state index in [0.717, 1.165) is 38.0 Å². The first-order valence-corrected chi connectivity index (χ1v) is 7.33. The van der Waals surface area contributed by atoms with Crippen molar-refractivity contribution in [3.63, 3.8) is 0 Å². The third-order valence-electron chi connectivity index (χ3n) is 4.32. The molecule has 0 spiro atoms. The van der Waals surface area contributed by atoms with Crippen molar-refractivity contribution in [3.05, 3.63) is 18.0 Å². The Kier molecular flexibility index (Phi) is 4.40. The van der Waals surface area contributed by atoms with E-state index in [1.165, 1.54) is 0 Å². The Balaban J connectivity index is 2.00. The van der Waals surface area contributed by atoms with Crippen molar-refractivity contribution >= 4 is 5.78 Å². The molecule has 1 fully saturated rings. The lowest BCUT2D eigenvalue weighted by molar-refractivity contribution is -0.128. The largest absolute Gasteiger partial charge is 0.316 e. The summed E-state index contributed by atoms with van der Waals surface area (Å²) in [4.78, 5) is 12.4. The van der Waals surface area contributed by atoms with Crippen molar-refractivity contribution in [1.82, 2.24) is 15.1 Å². The molecule has 1 aliphatic rings.